The minimum atomic E-state index is -3.69. The second-order valence-corrected chi connectivity index (χ2v) is 7.72. The summed E-state index contributed by atoms with van der Waals surface area (Å²) in [5.41, 5.74) is 2.02. The van der Waals surface area contributed by atoms with Gasteiger partial charge in [-0.1, -0.05) is 48.0 Å². The van der Waals surface area contributed by atoms with E-state index in [0.717, 1.165) is 11.1 Å². The molecule has 1 heterocycles. The first-order chi connectivity index (χ1) is 12.5. The lowest BCUT2D eigenvalue weighted by Crippen LogP contribution is -2.31. The maximum absolute atomic E-state index is 12.7. The minimum Gasteiger partial charge on any atom is -0.468 e. The average molecular weight is 371 g/mol. The number of nitrogens with one attached hydrogen (secondary N) is 1. The molecule has 0 amide bonds. The monoisotopic (exact) mass is 371 g/mol. The first kappa shape index (κ1) is 18.4. The molecule has 0 saturated heterocycles. The van der Waals surface area contributed by atoms with Crippen molar-refractivity contribution in [3.8, 4) is 0 Å². The van der Waals surface area contributed by atoms with Crippen molar-refractivity contribution in [3.05, 3.63) is 89.9 Å². The summed E-state index contributed by atoms with van der Waals surface area (Å²) in [5, 5.41) is 0. The number of sulfonamides is 1. The summed E-state index contributed by atoms with van der Waals surface area (Å²) in [7, 11) is -3.69. The van der Waals surface area contributed by atoms with Crippen LogP contribution in [0.25, 0.3) is 0 Å². The van der Waals surface area contributed by atoms with Crippen molar-refractivity contribution in [1.29, 1.82) is 0 Å². The van der Waals surface area contributed by atoms with Gasteiger partial charge in [-0.15, -0.1) is 0 Å². The fourth-order valence-electron chi connectivity index (χ4n) is 2.51. The Balaban J connectivity index is 1.71. The molecule has 3 rings (SSSR count). The largest absolute Gasteiger partial charge is 0.468 e. The minimum absolute atomic E-state index is 0.160. The quantitative estimate of drug-likeness (QED) is 0.653. The lowest BCUT2D eigenvalue weighted by Gasteiger charge is -2.17. The normalized spacial score (nSPS) is 12.8. The highest BCUT2D eigenvalue weighted by Crippen LogP contribution is 2.19. The van der Waals surface area contributed by atoms with Gasteiger partial charge in [0.25, 0.3) is 0 Å². The Morgan fingerprint density at radius 1 is 1.00 bits per heavy atom. The topological polar surface area (TPSA) is 68.5 Å². The Morgan fingerprint density at radius 3 is 2.38 bits per heavy atom. The standard InChI is InChI=1S/C20H21NO4S/c1-16-9-11-18(12-10-16)26(22,23)21-19(20-8-5-13-25-20)15-24-14-17-6-3-2-4-7-17/h2-13,19,21H,14-15H2,1H3/t19-/m0/s1. The molecule has 0 radical (unpaired) electrons. The zero-order valence-corrected chi connectivity index (χ0v) is 15.3. The summed E-state index contributed by atoms with van der Waals surface area (Å²) in [5.74, 6) is 0.508. The van der Waals surface area contributed by atoms with Gasteiger partial charge < -0.3 is 9.15 Å². The Hall–Kier alpha value is -2.41. The predicted octanol–water partition coefficient (Wildman–Crippen LogP) is 3.82. The van der Waals surface area contributed by atoms with Gasteiger partial charge in [0, 0.05) is 0 Å². The third-order valence-corrected chi connectivity index (χ3v) is 5.40. The maximum atomic E-state index is 12.7. The zero-order valence-electron chi connectivity index (χ0n) is 14.5. The maximum Gasteiger partial charge on any atom is 0.241 e. The molecule has 136 valence electrons. The van der Waals surface area contributed by atoms with E-state index in [1.165, 1.54) is 6.26 Å². The van der Waals surface area contributed by atoms with E-state index in [1.807, 2.05) is 37.3 Å². The molecule has 2 aromatic carbocycles. The molecule has 0 spiro atoms. The van der Waals surface area contributed by atoms with Crippen molar-refractivity contribution >= 4 is 10.0 Å². The number of aryl methyl sites for hydroxylation is 1. The second-order valence-electron chi connectivity index (χ2n) is 6.00. The highest BCUT2D eigenvalue weighted by molar-refractivity contribution is 7.89. The van der Waals surface area contributed by atoms with Gasteiger partial charge in [0.1, 0.15) is 11.8 Å². The van der Waals surface area contributed by atoms with Gasteiger partial charge in [-0.05, 0) is 36.8 Å². The zero-order chi connectivity index (χ0) is 18.4. The lowest BCUT2D eigenvalue weighted by molar-refractivity contribution is 0.0987. The number of furan rings is 1. The van der Waals surface area contributed by atoms with E-state index in [9.17, 15) is 8.42 Å². The first-order valence-electron chi connectivity index (χ1n) is 8.29. The smallest absolute Gasteiger partial charge is 0.241 e. The molecule has 6 heteroatoms. The summed E-state index contributed by atoms with van der Waals surface area (Å²) in [6.07, 6.45) is 1.51. The highest BCUT2D eigenvalue weighted by Gasteiger charge is 2.23. The van der Waals surface area contributed by atoms with Gasteiger partial charge in [0.2, 0.25) is 10.0 Å². The van der Waals surface area contributed by atoms with E-state index in [4.69, 9.17) is 9.15 Å². The fourth-order valence-corrected chi connectivity index (χ4v) is 3.69. The predicted molar refractivity (Wildman–Crippen MR) is 99.0 cm³/mol. The van der Waals surface area contributed by atoms with Crippen molar-refractivity contribution < 1.29 is 17.6 Å². The average Bonchev–Trinajstić information content (AvgIpc) is 3.17. The SMILES string of the molecule is Cc1ccc(S(=O)(=O)N[C@@H](COCc2ccccc2)c2ccco2)cc1. The van der Waals surface area contributed by atoms with Crippen molar-refractivity contribution in [2.24, 2.45) is 0 Å². The third kappa shape index (κ3) is 4.82. The molecule has 0 aliphatic heterocycles. The van der Waals surface area contributed by atoms with Crippen LogP contribution < -0.4 is 4.72 Å². The molecule has 26 heavy (non-hydrogen) atoms. The van der Waals surface area contributed by atoms with Gasteiger partial charge in [0.05, 0.1) is 24.4 Å². The van der Waals surface area contributed by atoms with Crippen LogP contribution in [0, 0.1) is 6.92 Å². The second kappa shape index (κ2) is 8.31. The molecule has 1 atom stereocenters. The van der Waals surface area contributed by atoms with Crippen molar-refractivity contribution in [2.75, 3.05) is 6.61 Å². The molecule has 0 bridgehead atoms. The summed E-state index contributed by atoms with van der Waals surface area (Å²) < 4.78 is 39.1. The molecule has 3 aromatic rings. The molecule has 0 fully saturated rings. The molecule has 0 unspecified atom stereocenters. The Bertz CT molecular complexity index is 904. The Kier molecular flexibility index (Phi) is 5.88. The number of rotatable bonds is 8. The summed E-state index contributed by atoms with van der Waals surface area (Å²) >= 11 is 0. The molecule has 5 nitrogen and oxygen atoms in total. The molecule has 0 aliphatic carbocycles. The number of ether oxygens (including phenoxy) is 1. The first-order valence-corrected chi connectivity index (χ1v) is 9.77. The van der Waals surface area contributed by atoms with Crippen LogP contribution in [-0.2, 0) is 21.4 Å². The van der Waals surface area contributed by atoms with E-state index in [-0.39, 0.29) is 11.5 Å². The third-order valence-electron chi connectivity index (χ3n) is 3.91. The fraction of sp³-hybridized carbons (Fsp3) is 0.200. The molecule has 1 aromatic heterocycles. The van der Waals surface area contributed by atoms with Gasteiger partial charge in [0.15, 0.2) is 0 Å². The van der Waals surface area contributed by atoms with Crippen molar-refractivity contribution in [1.82, 2.24) is 4.72 Å². The van der Waals surface area contributed by atoms with Gasteiger partial charge >= 0.3 is 0 Å². The lowest BCUT2D eigenvalue weighted by atomic mass is 10.2. The van der Waals surface area contributed by atoms with Gasteiger partial charge in [-0.2, -0.15) is 4.72 Å². The van der Waals surface area contributed by atoms with Crippen LogP contribution in [-0.4, -0.2) is 15.0 Å². The molecule has 0 aliphatic rings. The van der Waals surface area contributed by atoms with Gasteiger partial charge in [-0.3, -0.25) is 0 Å². The van der Waals surface area contributed by atoms with E-state index in [0.29, 0.717) is 12.4 Å². The molecular weight excluding hydrogens is 350 g/mol. The van der Waals surface area contributed by atoms with Crippen molar-refractivity contribution in [3.63, 3.8) is 0 Å². The summed E-state index contributed by atoms with van der Waals surface area (Å²) in [6, 6.07) is 19.3. The van der Waals surface area contributed by atoms with Crippen LogP contribution >= 0.6 is 0 Å². The summed E-state index contributed by atoms with van der Waals surface area (Å²) in [6.45, 7) is 2.46. The number of hydrogen-bond donors (Lipinski definition) is 1. The van der Waals surface area contributed by atoms with E-state index in [2.05, 4.69) is 4.72 Å². The van der Waals surface area contributed by atoms with E-state index >= 15 is 0 Å². The van der Waals surface area contributed by atoms with Crippen LogP contribution in [0.15, 0.2) is 82.3 Å². The van der Waals surface area contributed by atoms with E-state index < -0.39 is 16.1 Å². The van der Waals surface area contributed by atoms with Crippen LogP contribution in [0.1, 0.15) is 22.9 Å². The van der Waals surface area contributed by atoms with Gasteiger partial charge in [-0.25, -0.2) is 8.42 Å². The number of hydrogen-bond acceptors (Lipinski definition) is 4. The van der Waals surface area contributed by atoms with Crippen molar-refractivity contribution in [2.45, 2.75) is 24.5 Å². The number of benzene rings is 2. The summed E-state index contributed by atoms with van der Waals surface area (Å²) in [4.78, 5) is 0.211. The van der Waals surface area contributed by atoms with Crippen LogP contribution in [0.3, 0.4) is 0 Å². The van der Waals surface area contributed by atoms with E-state index in [1.54, 1.807) is 36.4 Å². The Labute approximate surface area is 153 Å². The molecule has 1 N–H and O–H groups in total. The molecular formula is C20H21NO4S. The Morgan fingerprint density at radius 2 is 1.73 bits per heavy atom. The van der Waals surface area contributed by atoms with Crippen LogP contribution in [0.4, 0.5) is 0 Å². The highest BCUT2D eigenvalue weighted by atomic mass is 32.2. The molecule has 0 saturated carbocycles. The van der Waals surface area contributed by atoms with Crippen LogP contribution in [0.2, 0.25) is 0 Å². The van der Waals surface area contributed by atoms with Crippen LogP contribution in [0.5, 0.6) is 0 Å².